The van der Waals surface area contributed by atoms with Crippen molar-refractivity contribution in [3.8, 4) is 5.75 Å². The summed E-state index contributed by atoms with van der Waals surface area (Å²) in [5.41, 5.74) is 0.683. The lowest BCUT2D eigenvalue weighted by Gasteiger charge is -2.17. The highest BCUT2D eigenvalue weighted by Crippen LogP contribution is 2.30. The van der Waals surface area contributed by atoms with Crippen molar-refractivity contribution in [3.05, 3.63) is 62.5 Å². The van der Waals surface area contributed by atoms with Crippen LogP contribution in [0.1, 0.15) is 17.9 Å². The van der Waals surface area contributed by atoms with Gasteiger partial charge in [0, 0.05) is 14.5 Å². The Hall–Kier alpha value is -1.23. The maximum absolute atomic E-state index is 12.1. The van der Waals surface area contributed by atoms with Crippen LogP contribution in [-0.2, 0) is 9.53 Å². The summed E-state index contributed by atoms with van der Waals surface area (Å²) in [7, 11) is 1.36. The first-order valence-corrected chi connectivity index (χ1v) is 8.47. The highest BCUT2D eigenvalue weighted by atomic mass is 79.9. The molecule has 23 heavy (non-hydrogen) atoms. The Balaban J connectivity index is 2.07. The molecule has 0 amide bonds. The fourth-order valence-electron chi connectivity index (χ4n) is 2.15. The molecule has 0 bridgehead atoms. The first-order chi connectivity index (χ1) is 11.0. The van der Waals surface area contributed by atoms with Gasteiger partial charge >= 0.3 is 5.97 Å². The highest BCUT2D eigenvalue weighted by Gasteiger charge is 2.24. The van der Waals surface area contributed by atoms with Gasteiger partial charge in [0.25, 0.3) is 0 Å². The Morgan fingerprint density at radius 2 is 1.87 bits per heavy atom. The van der Waals surface area contributed by atoms with E-state index in [1.807, 2.05) is 24.3 Å². The molecule has 0 fully saturated rings. The molecule has 2 aromatic carbocycles. The first kappa shape index (κ1) is 18.1. The third-order valence-corrected chi connectivity index (χ3v) is 4.40. The number of rotatable bonds is 6. The van der Waals surface area contributed by atoms with E-state index in [9.17, 15) is 4.79 Å². The van der Waals surface area contributed by atoms with Crippen LogP contribution in [0.25, 0.3) is 0 Å². The number of hydrogen-bond acceptors (Lipinski definition) is 3. The van der Waals surface area contributed by atoms with Gasteiger partial charge in [0.2, 0.25) is 0 Å². The minimum atomic E-state index is -0.500. The van der Waals surface area contributed by atoms with Crippen molar-refractivity contribution >= 4 is 45.1 Å². The van der Waals surface area contributed by atoms with E-state index in [0.717, 1.165) is 10.2 Å². The predicted molar refractivity (Wildman–Crippen MR) is 95.5 cm³/mol. The number of hydrogen-bond donors (Lipinski definition) is 0. The standard InChI is InChI=1S/C17H15BrCl2O3/c1-22-17(21)15(14-7-4-12(19)10-16(14)20)8-9-23-13-5-2-11(18)3-6-13/h2-7,10,15H,8-9H2,1H3. The molecule has 0 aliphatic heterocycles. The monoisotopic (exact) mass is 416 g/mol. The summed E-state index contributed by atoms with van der Waals surface area (Å²) in [6, 6.07) is 12.6. The molecule has 0 aliphatic rings. The first-order valence-electron chi connectivity index (χ1n) is 6.92. The van der Waals surface area contributed by atoms with Gasteiger partial charge in [-0.2, -0.15) is 0 Å². The zero-order valence-corrected chi connectivity index (χ0v) is 15.5. The summed E-state index contributed by atoms with van der Waals surface area (Å²) in [6.07, 6.45) is 0.449. The smallest absolute Gasteiger partial charge is 0.313 e. The summed E-state index contributed by atoms with van der Waals surface area (Å²) >= 11 is 15.5. The lowest BCUT2D eigenvalue weighted by molar-refractivity contribution is -0.142. The van der Waals surface area contributed by atoms with E-state index in [0.29, 0.717) is 28.6 Å². The molecular formula is C17H15BrCl2O3. The third-order valence-electron chi connectivity index (χ3n) is 3.31. The number of carbonyl (C=O) groups is 1. The summed E-state index contributed by atoms with van der Waals surface area (Å²) in [5.74, 6) is -0.118. The van der Waals surface area contributed by atoms with Gasteiger partial charge in [-0.15, -0.1) is 0 Å². The molecule has 2 rings (SSSR count). The second-order valence-corrected chi connectivity index (χ2v) is 6.59. The van der Waals surface area contributed by atoms with Crippen LogP contribution in [0.2, 0.25) is 10.0 Å². The molecule has 0 heterocycles. The van der Waals surface area contributed by atoms with E-state index in [-0.39, 0.29) is 5.97 Å². The number of esters is 1. The molecule has 0 aromatic heterocycles. The molecule has 0 spiro atoms. The van der Waals surface area contributed by atoms with Crippen LogP contribution in [0.5, 0.6) is 5.75 Å². The van der Waals surface area contributed by atoms with E-state index < -0.39 is 5.92 Å². The van der Waals surface area contributed by atoms with Gasteiger partial charge < -0.3 is 9.47 Å². The van der Waals surface area contributed by atoms with Crippen LogP contribution in [0, 0.1) is 0 Å². The molecule has 0 saturated heterocycles. The molecule has 1 unspecified atom stereocenters. The Labute approximate surface area is 153 Å². The molecular weight excluding hydrogens is 403 g/mol. The maximum atomic E-state index is 12.1. The van der Waals surface area contributed by atoms with Crippen LogP contribution in [0.3, 0.4) is 0 Å². The summed E-state index contributed by atoms with van der Waals surface area (Å²) in [4.78, 5) is 12.1. The van der Waals surface area contributed by atoms with Gasteiger partial charge in [0.05, 0.1) is 19.6 Å². The third kappa shape index (κ3) is 5.13. The van der Waals surface area contributed by atoms with Gasteiger partial charge in [-0.05, 0) is 48.4 Å². The van der Waals surface area contributed by atoms with E-state index in [1.54, 1.807) is 18.2 Å². The fraction of sp³-hybridized carbons (Fsp3) is 0.235. The van der Waals surface area contributed by atoms with E-state index in [2.05, 4.69) is 15.9 Å². The van der Waals surface area contributed by atoms with Gasteiger partial charge in [-0.25, -0.2) is 0 Å². The largest absolute Gasteiger partial charge is 0.494 e. The molecule has 0 N–H and O–H groups in total. The highest BCUT2D eigenvalue weighted by molar-refractivity contribution is 9.10. The SMILES string of the molecule is COC(=O)C(CCOc1ccc(Br)cc1)c1ccc(Cl)cc1Cl. The Morgan fingerprint density at radius 3 is 2.48 bits per heavy atom. The average molecular weight is 418 g/mol. The van der Waals surface area contributed by atoms with Crippen molar-refractivity contribution in [2.45, 2.75) is 12.3 Å². The average Bonchev–Trinajstić information content (AvgIpc) is 2.53. The molecule has 122 valence electrons. The lowest BCUT2D eigenvalue weighted by atomic mass is 9.96. The van der Waals surface area contributed by atoms with Crippen LogP contribution >= 0.6 is 39.1 Å². The minimum Gasteiger partial charge on any atom is -0.494 e. The maximum Gasteiger partial charge on any atom is 0.313 e. The summed E-state index contributed by atoms with van der Waals surface area (Å²) in [5, 5.41) is 0.963. The number of carbonyl (C=O) groups excluding carboxylic acids is 1. The van der Waals surface area contributed by atoms with Crippen LogP contribution in [-0.4, -0.2) is 19.7 Å². The van der Waals surface area contributed by atoms with Gasteiger partial charge in [0.15, 0.2) is 0 Å². The van der Waals surface area contributed by atoms with Gasteiger partial charge in [0.1, 0.15) is 5.75 Å². The van der Waals surface area contributed by atoms with E-state index >= 15 is 0 Å². The fourth-order valence-corrected chi connectivity index (χ4v) is 2.96. The second kappa shape index (κ2) is 8.57. The molecule has 0 saturated carbocycles. The molecule has 3 nitrogen and oxygen atoms in total. The van der Waals surface area contributed by atoms with Crippen LogP contribution in [0.15, 0.2) is 46.9 Å². The number of methoxy groups -OCH3 is 1. The Kier molecular flexibility index (Phi) is 6.75. The predicted octanol–water partition coefficient (Wildman–Crippen LogP) is 5.48. The summed E-state index contributed by atoms with van der Waals surface area (Å²) in [6.45, 7) is 0.361. The van der Waals surface area contributed by atoms with Crippen molar-refractivity contribution in [3.63, 3.8) is 0 Å². The number of benzene rings is 2. The second-order valence-electron chi connectivity index (χ2n) is 4.83. The molecule has 2 aromatic rings. The van der Waals surface area contributed by atoms with Gasteiger partial charge in [-0.1, -0.05) is 45.2 Å². The van der Waals surface area contributed by atoms with Crippen molar-refractivity contribution in [2.75, 3.05) is 13.7 Å². The van der Waals surface area contributed by atoms with Crippen LogP contribution < -0.4 is 4.74 Å². The van der Waals surface area contributed by atoms with E-state index in [1.165, 1.54) is 7.11 Å². The van der Waals surface area contributed by atoms with Crippen molar-refractivity contribution in [1.82, 2.24) is 0 Å². The van der Waals surface area contributed by atoms with Crippen molar-refractivity contribution in [1.29, 1.82) is 0 Å². The van der Waals surface area contributed by atoms with E-state index in [4.69, 9.17) is 32.7 Å². The topological polar surface area (TPSA) is 35.5 Å². The number of ether oxygens (including phenoxy) is 2. The molecule has 0 radical (unpaired) electrons. The Bertz CT molecular complexity index is 674. The normalized spacial score (nSPS) is 11.8. The van der Waals surface area contributed by atoms with Crippen LogP contribution in [0.4, 0.5) is 0 Å². The number of halogens is 3. The Morgan fingerprint density at radius 1 is 1.17 bits per heavy atom. The zero-order chi connectivity index (χ0) is 16.8. The zero-order valence-electron chi connectivity index (χ0n) is 12.4. The van der Waals surface area contributed by atoms with Gasteiger partial charge in [-0.3, -0.25) is 4.79 Å². The molecule has 6 heteroatoms. The molecule has 1 atom stereocenters. The quantitative estimate of drug-likeness (QED) is 0.583. The lowest BCUT2D eigenvalue weighted by Crippen LogP contribution is -2.17. The summed E-state index contributed by atoms with van der Waals surface area (Å²) < 4.78 is 11.5. The minimum absolute atomic E-state index is 0.353. The molecule has 0 aliphatic carbocycles. The van der Waals surface area contributed by atoms with Crippen molar-refractivity contribution < 1.29 is 14.3 Å². The van der Waals surface area contributed by atoms with Crippen molar-refractivity contribution in [2.24, 2.45) is 0 Å².